The predicted molar refractivity (Wildman–Crippen MR) is 198 cm³/mol. The highest BCUT2D eigenvalue weighted by molar-refractivity contribution is 5.99. The summed E-state index contributed by atoms with van der Waals surface area (Å²) in [5.41, 5.74) is 17.6. The van der Waals surface area contributed by atoms with Crippen LogP contribution >= 0.6 is 0 Å². The van der Waals surface area contributed by atoms with Gasteiger partial charge in [0.05, 0.1) is 28.9 Å². The first-order valence-electron chi connectivity index (χ1n) is 17.4. The molecule has 48 heavy (non-hydrogen) atoms. The molecule has 0 aromatic heterocycles. The summed E-state index contributed by atoms with van der Waals surface area (Å²) in [6, 6.07) is 32.8. The Morgan fingerprint density at radius 1 is 0.750 bits per heavy atom. The number of benzene rings is 4. The average Bonchev–Trinajstić information content (AvgIpc) is 3.55. The largest absolute Gasteiger partial charge is 0.382 e. The van der Waals surface area contributed by atoms with Gasteiger partial charge in [-0.25, -0.2) is 0 Å². The molecule has 4 aromatic carbocycles. The van der Waals surface area contributed by atoms with Crippen LogP contribution in [0.3, 0.4) is 0 Å². The lowest BCUT2D eigenvalue weighted by Crippen LogP contribution is -2.46. The van der Waals surface area contributed by atoms with E-state index >= 15 is 0 Å². The van der Waals surface area contributed by atoms with Gasteiger partial charge in [0.1, 0.15) is 0 Å². The van der Waals surface area contributed by atoms with Gasteiger partial charge in [-0.3, -0.25) is 0 Å². The van der Waals surface area contributed by atoms with Crippen LogP contribution in [0.4, 0.5) is 11.4 Å². The zero-order chi connectivity index (χ0) is 32.2. The summed E-state index contributed by atoms with van der Waals surface area (Å²) in [5, 5.41) is 3.58. The lowest BCUT2D eigenvalue weighted by Gasteiger charge is -2.47. The summed E-state index contributed by atoms with van der Waals surface area (Å²) in [6.45, 7) is 4.88. The van der Waals surface area contributed by atoms with Crippen molar-refractivity contribution in [2.45, 2.75) is 49.6 Å². The Labute approximate surface area is 283 Å². The van der Waals surface area contributed by atoms with Gasteiger partial charge in [0.25, 0.3) is 0 Å². The van der Waals surface area contributed by atoms with E-state index in [1.54, 1.807) is 0 Å². The van der Waals surface area contributed by atoms with E-state index in [-0.39, 0.29) is 17.5 Å². The molecule has 3 heterocycles. The van der Waals surface area contributed by atoms with Crippen LogP contribution in [0.2, 0.25) is 0 Å². The van der Waals surface area contributed by atoms with Gasteiger partial charge in [0.15, 0.2) is 0 Å². The van der Waals surface area contributed by atoms with Crippen LogP contribution in [0, 0.1) is 0 Å². The van der Waals surface area contributed by atoms with Gasteiger partial charge in [-0.1, -0.05) is 111 Å². The van der Waals surface area contributed by atoms with Crippen LogP contribution in [-0.2, 0) is 10.8 Å². The standard InChI is InChI=1S/C45H39N3/c1-44(2)33-16-6-4-14-30(33)31-23-24-37-42(43(31)44)32-15-5-7-17-34(32)45(37)35-18-8-10-21-39(35)48(40-22-11-9-19-36(40)45)29-25-27-47(3)41(28-29)38-20-12-13-26-46-38/h4,6-14,16-28,38,41,46H,5,15H2,1-3H3. The van der Waals surface area contributed by atoms with Crippen molar-refractivity contribution in [1.29, 1.82) is 0 Å². The Hall–Kier alpha value is -5.28. The summed E-state index contributed by atoms with van der Waals surface area (Å²) < 4.78 is 0. The first kappa shape index (κ1) is 27.8. The van der Waals surface area contributed by atoms with Crippen molar-refractivity contribution in [2.75, 3.05) is 11.9 Å². The number of dihydropyridines is 1. The van der Waals surface area contributed by atoms with Crippen molar-refractivity contribution in [1.82, 2.24) is 10.2 Å². The summed E-state index contributed by atoms with van der Waals surface area (Å²) in [6.07, 6.45) is 22.5. The van der Waals surface area contributed by atoms with E-state index < -0.39 is 5.41 Å². The summed E-state index contributed by atoms with van der Waals surface area (Å²) in [7, 11) is 2.17. The molecule has 2 unspecified atom stereocenters. The molecule has 0 saturated carbocycles. The molecule has 1 spiro atoms. The Morgan fingerprint density at radius 2 is 1.48 bits per heavy atom. The molecule has 6 aliphatic rings. The Morgan fingerprint density at radius 3 is 2.23 bits per heavy atom. The van der Waals surface area contributed by atoms with Gasteiger partial charge in [-0.2, -0.15) is 0 Å². The molecule has 0 amide bonds. The van der Waals surface area contributed by atoms with Crippen molar-refractivity contribution < 1.29 is 0 Å². The SMILES string of the molecule is CN1C=CC(N2c3ccccc3C3(C4=C(CCC=C4)c4c3ccc3c4C(C)(C)c4ccccc4-3)c3ccccc32)=CC1C1C=CC=CN1. The normalized spacial score (nSPS) is 22.9. The second-order valence-electron chi connectivity index (χ2n) is 14.5. The minimum absolute atomic E-state index is 0.0860. The van der Waals surface area contributed by atoms with Gasteiger partial charge in [-0.05, 0) is 105 Å². The zero-order valence-electron chi connectivity index (χ0n) is 27.7. The monoisotopic (exact) mass is 621 g/mol. The molecule has 1 N–H and O–H groups in total. The third kappa shape index (κ3) is 3.44. The van der Waals surface area contributed by atoms with E-state index in [4.69, 9.17) is 0 Å². The van der Waals surface area contributed by atoms with Crippen LogP contribution in [0.25, 0.3) is 16.7 Å². The number of nitrogens with zero attached hydrogens (tertiary/aromatic N) is 2. The number of likely N-dealkylation sites (N-methyl/N-ethyl adjacent to an activating group) is 1. The summed E-state index contributed by atoms with van der Waals surface area (Å²) in [5.74, 6) is 0. The Balaban J connectivity index is 1.25. The summed E-state index contributed by atoms with van der Waals surface area (Å²) >= 11 is 0. The van der Waals surface area contributed by atoms with E-state index in [1.807, 2.05) is 0 Å². The molecule has 10 rings (SSSR count). The maximum absolute atomic E-state index is 3.58. The topological polar surface area (TPSA) is 18.5 Å². The molecule has 3 heteroatoms. The summed E-state index contributed by atoms with van der Waals surface area (Å²) in [4.78, 5) is 4.83. The highest BCUT2D eigenvalue weighted by Gasteiger charge is 2.55. The number of anilines is 2. The second-order valence-corrected chi connectivity index (χ2v) is 14.5. The fourth-order valence-electron chi connectivity index (χ4n) is 9.85. The van der Waals surface area contributed by atoms with Crippen LogP contribution in [0.1, 0.15) is 60.1 Å². The lowest BCUT2D eigenvalue weighted by molar-refractivity contribution is 0.336. The van der Waals surface area contributed by atoms with Crippen molar-refractivity contribution in [3.63, 3.8) is 0 Å². The third-order valence-electron chi connectivity index (χ3n) is 11.8. The quantitative estimate of drug-likeness (QED) is 0.240. The molecule has 2 atom stereocenters. The molecule has 3 aliphatic heterocycles. The number of nitrogens with one attached hydrogen (secondary N) is 1. The van der Waals surface area contributed by atoms with Gasteiger partial charge in [0, 0.05) is 24.4 Å². The minimum atomic E-state index is -0.404. The van der Waals surface area contributed by atoms with Crippen LogP contribution < -0.4 is 10.2 Å². The molecular formula is C45H39N3. The van der Waals surface area contributed by atoms with E-state index in [0.29, 0.717) is 0 Å². The second kappa shape index (κ2) is 9.87. The maximum atomic E-state index is 3.58. The fraction of sp³-hybridized carbons (Fsp3) is 0.200. The lowest BCUT2D eigenvalue weighted by atomic mass is 9.63. The highest BCUT2D eigenvalue weighted by atomic mass is 15.2. The number of hydrogen-bond donors (Lipinski definition) is 1. The molecule has 0 fully saturated rings. The number of fused-ring (bicyclic) bond motifs is 12. The molecule has 3 aliphatic carbocycles. The molecular weight excluding hydrogens is 583 g/mol. The number of allylic oxidation sites excluding steroid dienone is 7. The number of rotatable bonds is 2. The predicted octanol–water partition coefficient (Wildman–Crippen LogP) is 9.65. The Kier molecular flexibility index (Phi) is 5.72. The van der Waals surface area contributed by atoms with Crippen molar-refractivity contribution in [3.05, 3.63) is 185 Å². The van der Waals surface area contributed by atoms with Gasteiger partial charge in [0.2, 0.25) is 0 Å². The molecule has 0 radical (unpaired) electrons. The third-order valence-corrected chi connectivity index (χ3v) is 11.8. The van der Waals surface area contributed by atoms with Crippen LogP contribution in [-0.4, -0.2) is 24.0 Å². The molecule has 234 valence electrons. The van der Waals surface area contributed by atoms with Gasteiger partial charge in [-0.15, -0.1) is 0 Å². The van der Waals surface area contributed by atoms with Crippen molar-refractivity contribution >= 4 is 16.9 Å². The molecule has 4 aromatic rings. The first-order valence-corrected chi connectivity index (χ1v) is 17.4. The van der Waals surface area contributed by atoms with Crippen LogP contribution in [0.5, 0.6) is 0 Å². The van der Waals surface area contributed by atoms with E-state index in [0.717, 1.165) is 12.8 Å². The zero-order valence-corrected chi connectivity index (χ0v) is 27.7. The molecule has 3 nitrogen and oxygen atoms in total. The van der Waals surface area contributed by atoms with Gasteiger partial charge < -0.3 is 15.1 Å². The van der Waals surface area contributed by atoms with E-state index in [9.17, 15) is 0 Å². The Bertz CT molecular complexity index is 2190. The van der Waals surface area contributed by atoms with Gasteiger partial charge >= 0.3 is 0 Å². The van der Waals surface area contributed by atoms with Crippen molar-refractivity contribution in [3.8, 4) is 11.1 Å². The first-order chi connectivity index (χ1) is 23.5. The smallest absolute Gasteiger partial charge is 0.0751 e. The average molecular weight is 622 g/mol. The maximum Gasteiger partial charge on any atom is 0.0751 e. The minimum Gasteiger partial charge on any atom is -0.382 e. The van der Waals surface area contributed by atoms with E-state index in [2.05, 4.69) is 176 Å². The number of hydrogen-bond acceptors (Lipinski definition) is 3. The highest BCUT2D eigenvalue weighted by Crippen LogP contribution is 2.66. The van der Waals surface area contributed by atoms with E-state index in [1.165, 1.54) is 72.7 Å². The fourth-order valence-corrected chi connectivity index (χ4v) is 9.85. The molecule has 0 bridgehead atoms. The number of para-hydroxylation sites is 2. The van der Waals surface area contributed by atoms with Crippen LogP contribution in [0.15, 0.2) is 151 Å². The molecule has 0 saturated heterocycles. The van der Waals surface area contributed by atoms with Crippen molar-refractivity contribution in [2.24, 2.45) is 0 Å².